The van der Waals surface area contributed by atoms with Crippen molar-refractivity contribution >= 4 is 28.3 Å². The van der Waals surface area contributed by atoms with Gasteiger partial charge in [0.05, 0.1) is 10.9 Å². The number of H-pyrrole nitrogens is 1. The lowest BCUT2D eigenvalue weighted by atomic mass is 9.96. The number of anilines is 1. The third-order valence-electron chi connectivity index (χ3n) is 5.25. The summed E-state index contributed by atoms with van der Waals surface area (Å²) >= 11 is 6.25. The number of hydrogen-bond donors (Lipinski definition) is 1. The molecule has 0 spiro atoms. The van der Waals surface area contributed by atoms with E-state index in [0.717, 1.165) is 59.6 Å². The Bertz CT molecular complexity index is 1110. The van der Waals surface area contributed by atoms with Gasteiger partial charge in [-0.2, -0.15) is 0 Å². The van der Waals surface area contributed by atoms with Crippen LogP contribution in [-0.2, 0) is 0 Å². The Hall–Kier alpha value is -3.06. The molecule has 1 atom stereocenters. The molecule has 1 saturated heterocycles. The summed E-state index contributed by atoms with van der Waals surface area (Å²) in [5, 5.41) is 16.2. The van der Waals surface area contributed by atoms with Crippen LogP contribution in [0.4, 0.5) is 5.82 Å². The highest BCUT2D eigenvalue weighted by atomic mass is 35.5. The molecule has 1 aliphatic heterocycles. The summed E-state index contributed by atoms with van der Waals surface area (Å²) in [5.74, 6) is 2.03. The Morgan fingerprint density at radius 3 is 2.89 bits per heavy atom. The Kier molecular flexibility index (Phi) is 4.37. The third-order valence-corrected chi connectivity index (χ3v) is 5.48. The molecule has 1 aliphatic rings. The van der Waals surface area contributed by atoms with E-state index in [9.17, 15) is 0 Å². The van der Waals surface area contributed by atoms with Gasteiger partial charge in [-0.3, -0.25) is 0 Å². The molecule has 1 fully saturated rings. The molecule has 4 aromatic rings. The maximum atomic E-state index is 6.25. The topological polar surface area (TPSA) is 83.5 Å². The quantitative estimate of drug-likeness (QED) is 0.571. The first-order valence-corrected chi connectivity index (χ1v) is 9.65. The van der Waals surface area contributed by atoms with Crippen LogP contribution in [0.15, 0.2) is 48.8 Å². The molecule has 0 saturated carbocycles. The molecule has 140 valence electrons. The van der Waals surface area contributed by atoms with Crippen molar-refractivity contribution in [1.82, 2.24) is 30.6 Å². The molecule has 7 nitrogen and oxygen atoms in total. The molecular formula is C20H18ClN7. The van der Waals surface area contributed by atoms with Crippen LogP contribution in [0.3, 0.4) is 0 Å². The molecular weight excluding hydrogens is 374 g/mol. The van der Waals surface area contributed by atoms with Crippen LogP contribution in [0.2, 0.25) is 5.02 Å². The molecule has 8 heteroatoms. The van der Waals surface area contributed by atoms with Gasteiger partial charge in [-0.25, -0.2) is 15.1 Å². The highest BCUT2D eigenvalue weighted by Crippen LogP contribution is 2.36. The summed E-state index contributed by atoms with van der Waals surface area (Å²) in [6, 6.07) is 14.0. The van der Waals surface area contributed by atoms with E-state index in [1.165, 1.54) is 0 Å². The molecule has 1 unspecified atom stereocenters. The van der Waals surface area contributed by atoms with Crippen molar-refractivity contribution in [2.75, 3.05) is 18.0 Å². The summed E-state index contributed by atoms with van der Waals surface area (Å²) in [5.41, 5.74) is 3.06. The first kappa shape index (κ1) is 17.1. The van der Waals surface area contributed by atoms with E-state index in [-0.39, 0.29) is 5.92 Å². The summed E-state index contributed by atoms with van der Waals surface area (Å²) in [6.45, 7) is 1.75. The molecule has 0 bridgehead atoms. The second-order valence-corrected chi connectivity index (χ2v) is 7.42. The van der Waals surface area contributed by atoms with E-state index in [1.807, 2.05) is 30.3 Å². The van der Waals surface area contributed by atoms with Crippen LogP contribution in [0.1, 0.15) is 24.6 Å². The number of rotatable bonds is 3. The Labute approximate surface area is 166 Å². The second kappa shape index (κ2) is 7.16. The van der Waals surface area contributed by atoms with Crippen molar-refractivity contribution in [2.45, 2.75) is 18.8 Å². The lowest BCUT2D eigenvalue weighted by Crippen LogP contribution is -2.35. The zero-order valence-corrected chi connectivity index (χ0v) is 15.8. The fourth-order valence-electron chi connectivity index (χ4n) is 3.96. The van der Waals surface area contributed by atoms with Gasteiger partial charge in [0, 0.05) is 24.0 Å². The molecule has 3 heterocycles. The number of hydrogen-bond acceptors (Lipinski definition) is 6. The summed E-state index contributed by atoms with van der Waals surface area (Å²) in [6.07, 6.45) is 3.74. The van der Waals surface area contributed by atoms with Crippen LogP contribution in [0.5, 0.6) is 0 Å². The number of piperidine rings is 1. The van der Waals surface area contributed by atoms with Crippen LogP contribution in [0, 0.1) is 0 Å². The Morgan fingerprint density at radius 2 is 2.04 bits per heavy atom. The maximum absolute atomic E-state index is 6.25. The average Bonchev–Trinajstić information content (AvgIpc) is 3.28. The Morgan fingerprint density at radius 1 is 1.11 bits per heavy atom. The maximum Gasteiger partial charge on any atom is 0.153 e. The summed E-state index contributed by atoms with van der Waals surface area (Å²) < 4.78 is 0. The van der Waals surface area contributed by atoms with E-state index >= 15 is 0 Å². The zero-order chi connectivity index (χ0) is 18.9. The highest BCUT2D eigenvalue weighted by molar-refractivity contribution is 6.31. The first-order valence-electron chi connectivity index (χ1n) is 9.28. The molecule has 0 radical (unpaired) electrons. The zero-order valence-electron chi connectivity index (χ0n) is 15.1. The third kappa shape index (κ3) is 3.07. The number of benzene rings is 2. The van der Waals surface area contributed by atoms with E-state index < -0.39 is 0 Å². The van der Waals surface area contributed by atoms with Crippen molar-refractivity contribution < 1.29 is 0 Å². The second-order valence-electron chi connectivity index (χ2n) is 6.98. The van der Waals surface area contributed by atoms with Crippen LogP contribution in [0.25, 0.3) is 22.0 Å². The van der Waals surface area contributed by atoms with E-state index in [4.69, 9.17) is 11.6 Å². The van der Waals surface area contributed by atoms with Gasteiger partial charge in [0.1, 0.15) is 12.1 Å². The molecule has 1 N–H and O–H groups in total. The number of aromatic amines is 1. The Balaban J connectivity index is 1.62. The average molecular weight is 392 g/mol. The van der Waals surface area contributed by atoms with Gasteiger partial charge in [-0.05, 0) is 52.6 Å². The van der Waals surface area contributed by atoms with Gasteiger partial charge < -0.3 is 4.90 Å². The minimum Gasteiger partial charge on any atom is -0.355 e. The molecule has 28 heavy (non-hydrogen) atoms. The fraction of sp³-hybridized carbons (Fsp3) is 0.250. The number of nitrogens with one attached hydrogen (secondary N) is 1. The van der Waals surface area contributed by atoms with Crippen molar-refractivity contribution in [3.63, 3.8) is 0 Å². The first-order chi connectivity index (χ1) is 13.8. The van der Waals surface area contributed by atoms with Gasteiger partial charge in [-0.1, -0.05) is 35.9 Å². The molecule has 2 aromatic carbocycles. The highest BCUT2D eigenvalue weighted by Gasteiger charge is 2.26. The lowest BCUT2D eigenvalue weighted by molar-refractivity contribution is 0.490. The van der Waals surface area contributed by atoms with E-state index in [2.05, 4.69) is 47.6 Å². The van der Waals surface area contributed by atoms with Gasteiger partial charge in [0.25, 0.3) is 0 Å². The van der Waals surface area contributed by atoms with Crippen molar-refractivity contribution in [3.8, 4) is 11.1 Å². The predicted octanol–water partition coefficient (Wildman–Crippen LogP) is 3.85. The standard InChI is InChI=1S/C20H18ClN7/c21-15-6-1-4-13(10-15)16-7-2-8-17-18(16)20(23-12-22-17)28-9-3-5-14(11-28)19-24-26-27-25-19/h1-2,4,6-8,10,12,14H,3,5,9,11H2,(H,24,25,26,27). The van der Waals surface area contributed by atoms with Gasteiger partial charge in [0.15, 0.2) is 5.82 Å². The smallest absolute Gasteiger partial charge is 0.153 e. The van der Waals surface area contributed by atoms with E-state index in [0.29, 0.717) is 5.02 Å². The molecule has 5 rings (SSSR count). The van der Waals surface area contributed by atoms with Crippen LogP contribution in [-0.4, -0.2) is 43.7 Å². The number of fused-ring (bicyclic) bond motifs is 1. The normalized spacial score (nSPS) is 17.2. The lowest BCUT2D eigenvalue weighted by Gasteiger charge is -2.33. The van der Waals surface area contributed by atoms with Crippen LogP contribution >= 0.6 is 11.6 Å². The van der Waals surface area contributed by atoms with E-state index in [1.54, 1.807) is 6.33 Å². The summed E-state index contributed by atoms with van der Waals surface area (Å²) in [4.78, 5) is 11.5. The predicted molar refractivity (Wildman–Crippen MR) is 108 cm³/mol. The minimum absolute atomic E-state index is 0.257. The van der Waals surface area contributed by atoms with Gasteiger partial charge in [-0.15, -0.1) is 5.10 Å². The number of tetrazole rings is 1. The monoisotopic (exact) mass is 391 g/mol. The van der Waals surface area contributed by atoms with Crippen LogP contribution < -0.4 is 4.90 Å². The molecule has 0 aliphatic carbocycles. The number of nitrogens with zero attached hydrogens (tertiary/aromatic N) is 6. The van der Waals surface area contributed by atoms with Crippen molar-refractivity contribution in [1.29, 1.82) is 0 Å². The molecule has 0 amide bonds. The molecule has 2 aromatic heterocycles. The fourth-order valence-corrected chi connectivity index (χ4v) is 4.15. The van der Waals surface area contributed by atoms with Crippen molar-refractivity contribution in [2.24, 2.45) is 0 Å². The van der Waals surface area contributed by atoms with Crippen molar-refractivity contribution in [3.05, 3.63) is 59.6 Å². The summed E-state index contributed by atoms with van der Waals surface area (Å²) in [7, 11) is 0. The number of halogens is 1. The largest absolute Gasteiger partial charge is 0.355 e. The van der Waals surface area contributed by atoms with Gasteiger partial charge in [0.2, 0.25) is 0 Å². The van der Waals surface area contributed by atoms with Gasteiger partial charge >= 0.3 is 0 Å². The SMILES string of the molecule is Clc1cccc(-c2cccc3ncnc(N4CCCC(c5nnn[nH]5)C4)c23)c1. The minimum atomic E-state index is 0.257. The number of aromatic nitrogens is 6.